The largest absolute Gasteiger partial charge is 0.338 e. The van der Waals surface area contributed by atoms with Crippen molar-refractivity contribution in [1.29, 1.82) is 0 Å². The highest BCUT2D eigenvalue weighted by Gasteiger charge is 2.26. The molecule has 0 aromatic heterocycles. The molecule has 0 fully saturated rings. The van der Waals surface area contributed by atoms with E-state index in [1.807, 2.05) is 126 Å². The maximum atomic E-state index is 14.2. The molecule has 0 radical (unpaired) electrons. The molecule has 41 heavy (non-hydrogen) atoms. The third-order valence-electron chi connectivity index (χ3n) is 7.68. The number of amides is 2. The van der Waals surface area contributed by atoms with E-state index in [1.54, 1.807) is 0 Å². The summed E-state index contributed by atoms with van der Waals surface area (Å²) in [6.45, 7) is 3.52. The minimum atomic E-state index is -0.192. The maximum Gasteiger partial charge on any atom is 0.255 e. The van der Waals surface area contributed by atoms with Crippen LogP contribution >= 0.6 is 0 Å². The Morgan fingerprint density at radius 3 is 1.93 bits per heavy atom. The van der Waals surface area contributed by atoms with Gasteiger partial charge < -0.3 is 9.80 Å². The van der Waals surface area contributed by atoms with Crippen molar-refractivity contribution in [3.05, 3.63) is 156 Å². The number of hydrogen-bond acceptors (Lipinski definition) is 2. The molecular formula is C37H36N2O2. The topological polar surface area (TPSA) is 40.6 Å². The summed E-state index contributed by atoms with van der Waals surface area (Å²) in [7, 11) is 0. The summed E-state index contributed by atoms with van der Waals surface area (Å²) in [4.78, 5) is 31.7. The number of carbonyl (C=O) groups excluding carboxylic acids is 2. The van der Waals surface area contributed by atoms with Crippen molar-refractivity contribution in [2.45, 2.75) is 32.4 Å². The molecule has 1 atom stereocenters. The zero-order valence-electron chi connectivity index (χ0n) is 23.5. The van der Waals surface area contributed by atoms with Crippen molar-refractivity contribution in [1.82, 2.24) is 9.80 Å². The summed E-state index contributed by atoms with van der Waals surface area (Å²) in [6.07, 6.45) is 1.02. The normalized spacial score (nSPS) is 11.6. The molecule has 0 spiro atoms. The van der Waals surface area contributed by atoms with Crippen LogP contribution in [0.15, 0.2) is 133 Å². The number of fused-ring (bicyclic) bond motifs is 1. The average Bonchev–Trinajstić information content (AvgIpc) is 3.04. The van der Waals surface area contributed by atoms with Crippen molar-refractivity contribution < 1.29 is 9.59 Å². The molecule has 5 rings (SSSR count). The van der Waals surface area contributed by atoms with Crippen molar-refractivity contribution in [2.24, 2.45) is 0 Å². The third kappa shape index (κ3) is 7.09. The minimum Gasteiger partial charge on any atom is -0.338 e. The summed E-state index contributed by atoms with van der Waals surface area (Å²) in [5.41, 5.74) is 3.99. The fourth-order valence-electron chi connectivity index (χ4n) is 5.33. The Balaban J connectivity index is 1.39. The van der Waals surface area contributed by atoms with Gasteiger partial charge in [0.2, 0.25) is 5.91 Å². The molecule has 4 heteroatoms. The van der Waals surface area contributed by atoms with Gasteiger partial charge in [-0.15, -0.1) is 0 Å². The number of hydrogen-bond donors (Lipinski definition) is 0. The van der Waals surface area contributed by atoms with Crippen molar-refractivity contribution in [3.63, 3.8) is 0 Å². The monoisotopic (exact) mass is 540 g/mol. The van der Waals surface area contributed by atoms with Gasteiger partial charge in [0.15, 0.2) is 0 Å². The summed E-state index contributed by atoms with van der Waals surface area (Å²) in [5, 5.41) is 1.95. The highest BCUT2D eigenvalue weighted by Crippen LogP contribution is 2.26. The lowest BCUT2D eigenvalue weighted by atomic mass is 10.0. The first-order chi connectivity index (χ1) is 20.1. The van der Waals surface area contributed by atoms with Crippen LogP contribution in [0.25, 0.3) is 10.8 Å². The van der Waals surface area contributed by atoms with Gasteiger partial charge in [-0.1, -0.05) is 127 Å². The van der Waals surface area contributed by atoms with E-state index in [9.17, 15) is 9.59 Å². The van der Waals surface area contributed by atoms with Gasteiger partial charge >= 0.3 is 0 Å². The second kappa shape index (κ2) is 13.6. The van der Waals surface area contributed by atoms with Gasteiger partial charge in [0.1, 0.15) is 0 Å². The molecule has 1 unspecified atom stereocenters. The quantitative estimate of drug-likeness (QED) is 0.172. The van der Waals surface area contributed by atoms with Gasteiger partial charge in [0, 0.05) is 31.6 Å². The van der Waals surface area contributed by atoms with E-state index in [4.69, 9.17) is 0 Å². The first kappa shape index (κ1) is 27.9. The van der Waals surface area contributed by atoms with Gasteiger partial charge in [-0.3, -0.25) is 9.59 Å². The van der Waals surface area contributed by atoms with Crippen LogP contribution in [-0.2, 0) is 17.8 Å². The molecule has 206 valence electrons. The minimum absolute atomic E-state index is 0.0424. The third-order valence-corrected chi connectivity index (χ3v) is 7.68. The molecule has 0 saturated carbocycles. The standard InChI is InChI=1S/C37H36N2O2/c1-29(32-18-9-4-10-19-32)39(37(41)35-23-13-21-33-20-11-12-22-34(33)35)27-25-36(40)38(28-31-16-7-3-8-17-31)26-24-30-14-5-2-6-15-30/h2-23,29H,24-28H2,1H3. The Morgan fingerprint density at radius 1 is 0.634 bits per heavy atom. The molecule has 0 saturated heterocycles. The predicted octanol–water partition coefficient (Wildman–Crippen LogP) is 7.70. The fraction of sp³-hybridized carbons (Fsp3) is 0.189. The molecule has 5 aromatic carbocycles. The Hall–Kier alpha value is -4.70. The summed E-state index contributed by atoms with van der Waals surface area (Å²) < 4.78 is 0. The molecule has 0 aliphatic heterocycles. The lowest BCUT2D eigenvalue weighted by Crippen LogP contribution is -2.39. The Bertz CT molecular complexity index is 1560. The summed E-state index contributed by atoms with van der Waals surface area (Å²) in [6, 6.07) is 44.0. The van der Waals surface area contributed by atoms with Crippen LogP contribution in [0.2, 0.25) is 0 Å². The molecule has 0 aliphatic carbocycles. The molecule has 0 heterocycles. The van der Waals surface area contributed by atoms with E-state index in [0.717, 1.165) is 28.3 Å². The van der Waals surface area contributed by atoms with E-state index < -0.39 is 0 Å². The first-order valence-electron chi connectivity index (χ1n) is 14.3. The van der Waals surface area contributed by atoms with Gasteiger partial charge in [-0.05, 0) is 46.9 Å². The molecule has 0 N–H and O–H groups in total. The highest BCUT2D eigenvalue weighted by molar-refractivity contribution is 6.07. The fourth-order valence-corrected chi connectivity index (χ4v) is 5.33. The Morgan fingerprint density at radius 2 is 1.22 bits per heavy atom. The molecule has 0 aliphatic rings. The summed E-state index contributed by atoms with van der Waals surface area (Å²) in [5.74, 6) is -0.0226. The number of carbonyl (C=O) groups is 2. The van der Waals surface area contributed by atoms with Crippen molar-refractivity contribution in [2.75, 3.05) is 13.1 Å². The van der Waals surface area contributed by atoms with Gasteiger partial charge in [0.25, 0.3) is 5.91 Å². The highest BCUT2D eigenvalue weighted by atomic mass is 16.2. The lowest BCUT2D eigenvalue weighted by Gasteiger charge is -2.31. The SMILES string of the molecule is CC(c1ccccc1)N(CCC(=O)N(CCc1ccccc1)Cc1ccccc1)C(=O)c1cccc2ccccc12. The van der Waals surface area contributed by atoms with Crippen LogP contribution in [0.5, 0.6) is 0 Å². The number of rotatable bonds is 11. The first-order valence-corrected chi connectivity index (χ1v) is 14.3. The molecule has 0 bridgehead atoms. The summed E-state index contributed by atoms with van der Waals surface area (Å²) >= 11 is 0. The molecule has 2 amide bonds. The van der Waals surface area contributed by atoms with E-state index >= 15 is 0 Å². The Labute approximate surface area is 242 Å². The number of benzene rings is 5. The second-order valence-corrected chi connectivity index (χ2v) is 10.4. The Kier molecular flexibility index (Phi) is 9.23. The lowest BCUT2D eigenvalue weighted by molar-refractivity contribution is -0.132. The van der Waals surface area contributed by atoms with E-state index in [1.165, 1.54) is 5.56 Å². The van der Waals surface area contributed by atoms with Gasteiger partial charge in [0.05, 0.1) is 6.04 Å². The van der Waals surface area contributed by atoms with Gasteiger partial charge in [-0.25, -0.2) is 0 Å². The van der Waals surface area contributed by atoms with Crippen LogP contribution in [0, 0.1) is 0 Å². The van der Waals surface area contributed by atoms with E-state index in [-0.39, 0.29) is 24.3 Å². The van der Waals surface area contributed by atoms with Gasteiger partial charge in [-0.2, -0.15) is 0 Å². The van der Waals surface area contributed by atoms with Crippen molar-refractivity contribution in [3.8, 4) is 0 Å². The van der Waals surface area contributed by atoms with Crippen LogP contribution < -0.4 is 0 Å². The van der Waals surface area contributed by atoms with E-state index in [0.29, 0.717) is 25.2 Å². The van der Waals surface area contributed by atoms with Crippen LogP contribution in [-0.4, -0.2) is 34.7 Å². The zero-order chi connectivity index (χ0) is 28.4. The van der Waals surface area contributed by atoms with Crippen LogP contribution in [0.3, 0.4) is 0 Å². The molecular weight excluding hydrogens is 504 g/mol. The molecule has 5 aromatic rings. The van der Waals surface area contributed by atoms with E-state index in [2.05, 4.69) is 24.3 Å². The average molecular weight is 541 g/mol. The number of nitrogens with zero attached hydrogens (tertiary/aromatic N) is 2. The maximum absolute atomic E-state index is 14.2. The van der Waals surface area contributed by atoms with Crippen LogP contribution in [0.1, 0.15) is 46.4 Å². The van der Waals surface area contributed by atoms with Crippen LogP contribution in [0.4, 0.5) is 0 Å². The predicted molar refractivity (Wildman–Crippen MR) is 166 cm³/mol. The van der Waals surface area contributed by atoms with Crippen molar-refractivity contribution >= 4 is 22.6 Å². The molecule has 4 nitrogen and oxygen atoms in total. The second-order valence-electron chi connectivity index (χ2n) is 10.4. The zero-order valence-corrected chi connectivity index (χ0v) is 23.5. The smallest absolute Gasteiger partial charge is 0.255 e.